The predicted molar refractivity (Wildman–Crippen MR) is 129 cm³/mol. The van der Waals surface area contributed by atoms with Crippen molar-refractivity contribution in [3.05, 3.63) is 29.8 Å². The molecule has 2 aliphatic rings. The van der Waals surface area contributed by atoms with E-state index in [9.17, 15) is 19.2 Å². The van der Waals surface area contributed by atoms with E-state index in [0.717, 1.165) is 0 Å². The molecule has 35 heavy (non-hydrogen) atoms. The van der Waals surface area contributed by atoms with Gasteiger partial charge in [0, 0.05) is 19.6 Å². The van der Waals surface area contributed by atoms with E-state index >= 15 is 0 Å². The molecule has 0 radical (unpaired) electrons. The van der Waals surface area contributed by atoms with Crippen LogP contribution in [0, 0.1) is 5.92 Å². The van der Waals surface area contributed by atoms with Crippen LogP contribution in [0.5, 0.6) is 5.75 Å². The average molecular weight is 489 g/mol. The number of morpholine rings is 1. The molecule has 0 saturated carbocycles. The van der Waals surface area contributed by atoms with Gasteiger partial charge in [0.2, 0.25) is 17.7 Å². The molecule has 2 aliphatic heterocycles. The largest absolute Gasteiger partial charge is 0.491 e. The second kappa shape index (κ2) is 12.5. The van der Waals surface area contributed by atoms with Crippen molar-refractivity contribution >= 4 is 23.6 Å². The third kappa shape index (κ3) is 7.17. The van der Waals surface area contributed by atoms with Gasteiger partial charge in [0.05, 0.1) is 31.7 Å². The fourth-order valence-electron chi connectivity index (χ4n) is 4.26. The van der Waals surface area contributed by atoms with E-state index in [0.29, 0.717) is 51.6 Å². The van der Waals surface area contributed by atoms with Gasteiger partial charge >= 0.3 is 0 Å². The average Bonchev–Trinajstić information content (AvgIpc) is 2.85. The fourth-order valence-corrected chi connectivity index (χ4v) is 4.26. The summed E-state index contributed by atoms with van der Waals surface area (Å²) in [7, 11) is 0. The lowest BCUT2D eigenvalue weighted by atomic mass is 10.0. The molecule has 2 atom stereocenters. The lowest BCUT2D eigenvalue weighted by Crippen LogP contribution is -2.55. The standard InChI is InChI=1S/C25H36N4O6/c1-4-28-11-14-35-21-8-6-5-7-18(21)23(31)27-20(25(33)29-9-12-34-13-10-29)16-22(30)26-19(24(28)32)15-17(2)3/h5-8,17,19-20H,4,9-16H2,1-3H3,(H,26,30)(H,27,31)/t19-,20+/m1/s1. The van der Waals surface area contributed by atoms with Crippen LogP contribution in [0.4, 0.5) is 0 Å². The molecule has 1 aromatic rings. The Morgan fingerprint density at radius 3 is 2.46 bits per heavy atom. The number of amides is 4. The predicted octanol–water partition coefficient (Wildman–Crippen LogP) is 0.806. The van der Waals surface area contributed by atoms with Crippen molar-refractivity contribution in [1.29, 1.82) is 0 Å². The second-order valence-corrected chi connectivity index (χ2v) is 9.18. The van der Waals surface area contributed by atoms with Gasteiger partial charge in [-0.05, 0) is 31.4 Å². The van der Waals surface area contributed by atoms with Gasteiger partial charge in [-0.15, -0.1) is 0 Å². The summed E-state index contributed by atoms with van der Waals surface area (Å²) >= 11 is 0. The first-order chi connectivity index (χ1) is 16.8. The Balaban J connectivity index is 1.93. The number of para-hydroxylation sites is 1. The lowest BCUT2D eigenvalue weighted by Gasteiger charge is -2.32. The minimum atomic E-state index is -1.09. The molecule has 4 amide bonds. The van der Waals surface area contributed by atoms with E-state index in [2.05, 4.69) is 10.6 Å². The van der Waals surface area contributed by atoms with E-state index in [4.69, 9.17) is 9.47 Å². The van der Waals surface area contributed by atoms with Gasteiger partial charge in [0.1, 0.15) is 24.4 Å². The van der Waals surface area contributed by atoms with Crippen LogP contribution in [-0.4, -0.2) is 91.5 Å². The second-order valence-electron chi connectivity index (χ2n) is 9.18. The molecule has 192 valence electrons. The molecule has 0 bridgehead atoms. The summed E-state index contributed by atoms with van der Waals surface area (Å²) in [5.74, 6) is -0.998. The summed E-state index contributed by atoms with van der Waals surface area (Å²) in [5, 5.41) is 5.55. The highest BCUT2D eigenvalue weighted by molar-refractivity contribution is 6.01. The third-order valence-electron chi connectivity index (χ3n) is 6.10. The molecule has 1 aromatic carbocycles. The Morgan fingerprint density at radius 1 is 1.06 bits per heavy atom. The number of benzene rings is 1. The van der Waals surface area contributed by atoms with E-state index in [-0.39, 0.29) is 36.3 Å². The number of hydrogen-bond donors (Lipinski definition) is 2. The first-order valence-electron chi connectivity index (χ1n) is 12.3. The van der Waals surface area contributed by atoms with Crippen LogP contribution >= 0.6 is 0 Å². The SMILES string of the molecule is CCN1CCOc2ccccc2C(=O)N[C@H](C(=O)N2CCOCC2)CC(=O)N[C@H](CC(C)C)C1=O. The Kier molecular flexibility index (Phi) is 9.47. The molecule has 10 heteroatoms. The van der Waals surface area contributed by atoms with Gasteiger partial charge in [-0.25, -0.2) is 0 Å². The van der Waals surface area contributed by atoms with Crippen molar-refractivity contribution in [2.45, 2.75) is 45.7 Å². The Labute approximate surface area is 206 Å². The number of carbonyl (C=O) groups is 4. The van der Waals surface area contributed by atoms with Gasteiger partial charge in [-0.2, -0.15) is 0 Å². The van der Waals surface area contributed by atoms with Crippen molar-refractivity contribution in [3.8, 4) is 5.75 Å². The maximum atomic E-state index is 13.3. The van der Waals surface area contributed by atoms with Crippen molar-refractivity contribution in [2.75, 3.05) is 46.0 Å². The minimum absolute atomic E-state index is 0.162. The van der Waals surface area contributed by atoms with Crippen molar-refractivity contribution < 1.29 is 28.7 Å². The van der Waals surface area contributed by atoms with Crippen LogP contribution in [0.25, 0.3) is 0 Å². The van der Waals surface area contributed by atoms with Crippen molar-refractivity contribution in [3.63, 3.8) is 0 Å². The zero-order valence-corrected chi connectivity index (χ0v) is 20.7. The Hall–Kier alpha value is -3.14. The number of ether oxygens (including phenoxy) is 2. The number of likely N-dealkylation sites (N-methyl/N-ethyl adjacent to an activating group) is 1. The number of fused-ring (bicyclic) bond motifs is 1. The maximum Gasteiger partial charge on any atom is 0.255 e. The summed E-state index contributed by atoms with van der Waals surface area (Å²) in [6, 6.07) is 4.91. The Bertz CT molecular complexity index is 915. The molecule has 2 N–H and O–H groups in total. The summed E-state index contributed by atoms with van der Waals surface area (Å²) in [5.41, 5.74) is 0.261. The molecule has 0 spiro atoms. The minimum Gasteiger partial charge on any atom is -0.491 e. The maximum absolute atomic E-state index is 13.3. The summed E-state index contributed by atoms with van der Waals surface area (Å²) in [6.45, 7) is 8.33. The molecule has 1 fully saturated rings. The molecular formula is C25H36N4O6. The molecule has 10 nitrogen and oxygen atoms in total. The molecule has 1 saturated heterocycles. The lowest BCUT2D eigenvalue weighted by molar-refractivity contribution is -0.140. The van der Waals surface area contributed by atoms with Gasteiger partial charge in [-0.3, -0.25) is 19.2 Å². The van der Waals surface area contributed by atoms with E-state index < -0.39 is 23.9 Å². The normalized spacial score (nSPS) is 22.6. The summed E-state index contributed by atoms with van der Waals surface area (Å²) in [6.07, 6.45) is 0.179. The number of nitrogens with one attached hydrogen (secondary N) is 2. The van der Waals surface area contributed by atoms with Crippen LogP contribution in [0.1, 0.15) is 44.0 Å². The zero-order chi connectivity index (χ0) is 25.4. The first-order valence-corrected chi connectivity index (χ1v) is 12.3. The molecule has 0 unspecified atom stereocenters. The van der Waals surface area contributed by atoms with Gasteiger partial charge in [0.25, 0.3) is 5.91 Å². The molecule has 3 rings (SSSR count). The highest BCUT2D eigenvalue weighted by Gasteiger charge is 2.33. The van der Waals surface area contributed by atoms with E-state index in [1.54, 1.807) is 34.1 Å². The quantitative estimate of drug-likeness (QED) is 0.648. The topological polar surface area (TPSA) is 117 Å². The monoisotopic (exact) mass is 488 g/mol. The highest BCUT2D eigenvalue weighted by atomic mass is 16.5. The third-order valence-corrected chi connectivity index (χ3v) is 6.10. The summed E-state index contributed by atoms with van der Waals surface area (Å²) in [4.78, 5) is 56.1. The van der Waals surface area contributed by atoms with Gasteiger partial charge < -0.3 is 29.9 Å². The van der Waals surface area contributed by atoms with Crippen LogP contribution < -0.4 is 15.4 Å². The fraction of sp³-hybridized carbons (Fsp3) is 0.600. The van der Waals surface area contributed by atoms with Crippen LogP contribution in [0.2, 0.25) is 0 Å². The van der Waals surface area contributed by atoms with E-state index in [1.807, 2.05) is 20.8 Å². The van der Waals surface area contributed by atoms with Crippen LogP contribution in [0.15, 0.2) is 24.3 Å². The summed E-state index contributed by atoms with van der Waals surface area (Å²) < 4.78 is 11.2. The van der Waals surface area contributed by atoms with Crippen molar-refractivity contribution in [1.82, 2.24) is 20.4 Å². The highest BCUT2D eigenvalue weighted by Crippen LogP contribution is 2.19. The van der Waals surface area contributed by atoms with Crippen LogP contribution in [0.3, 0.4) is 0 Å². The van der Waals surface area contributed by atoms with Crippen molar-refractivity contribution in [2.24, 2.45) is 5.92 Å². The number of rotatable bonds is 4. The van der Waals surface area contributed by atoms with E-state index in [1.165, 1.54) is 0 Å². The molecule has 2 heterocycles. The number of carbonyl (C=O) groups excluding carboxylic acids is 4. The smallest absolute Gasteiger partial charge is 0.255 e. The van der Waals surface area contributed by atoms with Gasteiger partial charge in [0.15, 0.2) is 0 Å². The number of hydrogen-bond acceptors (Lipinski definition) is 6. The van der Waals surface area contributed by atoms with Crippen LogP contribution in [-0.2, 0) is 19.1 Å². The first kappa shape index (κ1) is 26.5. The van der Waals surface area contributed by atoms with Gasteiger partial charge in [-0.1, -0.05) is 26.0 Å². The zero-order valence-electron chi connectivity index (χ0n) is 20.7. The molecule has 0 aliphatic carbocycles. The molecule has 0 aromatic heterocycles. The molecular weight excluding hydrogens is 452 g/mol. The Morgan fingerprint density at radius 2 is 1.77 bits per heavy atom. The number of nitrogens with zero attached hydrogens (tertiary/aromatic N) is 2.